The van der Waals surface area contributed by atoms with Crippen LogP contribution in [-0.2, 0) is 5.75 Å². The summed E-state index contributed by atoms with van der Waals surface area (Å²) in [5.41, 5.74) is 4.96. The predicted octanol–water partition coefficient (Wildman–Crippen LogP) is 4.48. The van der Waals surface area contributed by atoms with Crippen molar-refractivity contribution < 1.29 is 0 Å². The van der Waals surface area contributed by atoms with Crippen molar-refractivity contribution in [3.63, 3.8) is 0 Å². The quantitative estimate of drug-likeness (QED) is 0.666. The lowest BCUT2D eigenvalue weighted by atomic mass is 10.2. The molecule has 4 heteroatoms. The maximum absolute atomic E-state index is 4.33. The number of benzene rings is 2. The zero-order valence-corrected chi connectivity index (χ0v) is 13.9. The molecule has 0 saturated carbocycles. The number of rotatable bonds is 4. The predicted molar refractivity (Wildman–Crippen MR) is 91.6 cm³/mol. The minimum Gasteiger partial charge on any atom is -0.274 e. The molecule has 1 aromatic heterocycles. The zero-order chi connectivity index (χ0) is 15.5. The van der Waals surface area contributed by atoms with E-state index in [0.717, 1.165) is 22.4 Å². The van der Waals surface area contributed by atoms with Gasteiger partial charge in [-0.2, -0.15) is 0 Å². The third-order valence-corrected chi connectivity index (χ3v) is 4.54. The zero-order valence-electron chi connectivity index (χ0n) is 13.1. The molecule has 22 heavy (non-hydrogen) atoms. The van der Waals surface area contributed by atoms with Gasteiger partial charge in [-0.3, -0.25) is 4.57 Å². The van der Waals surface area contributed by atoms with Gasteiger partial charge >= 0.3 is 0 Å². The van der Waals surface area contributed by atoms with Gasteiger partial charge in [-0.05, 0) is 38.5 Å². The van der Waals surface area contributed by atoms with Crippen LogP contribution in [0.4, 0.5) is 0 Å². The van der Waals surface area contributed by atoms with Crippen LogP contribution < -0.4 is 0 Å². The molecule has 3 rings (SSSR count). The van der Waals surface area contributed by atoms with Gasteiger partial charge in [-0.1, -0.05) is 59.3 Å². The van der Waals surface area contributed by atoms with E-state index in [1.165, 1.54) is 16.7 Å². The smallest absolute Gasteiger partial charge is 0.196 e. The molecule has 112 valence electrons. The van der Waals surface area contributed by atoms with E-state index < -0.39 is 0 Å². The van der Waals surface area contributed by atoms with Gasteiger partial charge in [0.25, 0.3) is 0 Å². The molecule has 1 heterocycles. The molecule has 0 aliphatic carbocycles. The lowest BCUT2D eigenvalue weighted by Gasteiger charge is -2.09. The Kier molecular flexibility index (Phi) is 4.29. The third-order valence-electron chi connectivity index (χ3n) is 3.54. The SMILES string of the molecule is Cc1ccc(-n2c(C)nnc2SCc2cccc(C)c2)cc1. The first-order chi connectivity index (χ1) is 10.6. The van der Waals surface area contributed by atoms with Crippen molar-refractivity contribution in [3.05, 3.63) is 71.0 Å². The van der Waals surface area contributed by atoms with Crippen molar-refractivity contribution >= 4 is 11.8 Å². The monoisotopic (exact) mass is 309 g/mol. The fourth-order valence-electron chi connectivity index (χ4n) is 2.38. The average molecular weight is 309 g/mol. The molecule has 3 aromatic rings. The molecular formula is C18H19N3S. The van der Waals surface area contributed by atoms with Gasteiger partial charge in [-0.15, -0.1) is 10.2 Å². The van der Waals surface area contributed by atoms with Gasteiger partial charge in [0.2, 0.25) is 0 Å². The number of thioether (sulfide) groups is 1. The van der Waals surface area contributed by atoms with Gasteiger partial charge in [0.1, 0.15) is 5.82 Å². The molecule has 0 bridgehead atoms. The van der Waals surface area contributed by atoms with Crippen molar-refractivity contribution in [2.24, 2.45) is 0 Å². The highest BCUT2D eigenvalue weighted by Crippen LogP contribution is 2.25. The lowest BCUT2D eigenvalue weighted by molar-refractivity contribution is 0.868. The van der Waals surface area contributed by atoms with Gasteiger partial charge < -0.3 is 0 Å². The highest BCUT2D eigenvalue weighted by molar-refractivity contribution is 7.98. The van der Waals surface area contributed by atoms with Crippen LogP contribution in [0.5, 0.6) is 0 Å². The summed E-state index contributed by atoms with van der Waals surface area (Å²) in [4.78, 5) is 0. The Morgan fingerprint density at radius 2 is 1.68 bits per heavy atom. The van der Waals surface area contributed by atoms with Crippen LogP contribution in [0, 0.1) is 20.8 Å². The molecule has 0 spiro atoms. The van der Waals surface area contributed by atoms with E-state index in [1.807, 2.05) is 6.92 Å². The standard InChI is InChI=1S/C18H19N3S/c1-13-7-9-17(10-8-13)21-15(3)19-20-18(21)22-12-16-6-4-5-14(2)11-16/h4-11H,12H2,1-3H3. The number of hydrogen-bond acceptors (Lipinski definition) is 3. The normalized spacial score (nSPS) is 10.9. The Labute approximate surface area is 135 Å². The van der Waals surface area contributed by atoms with E-state index in [4.69, 9.17) is 0 Å². The Bertz CT molecular complexity index is 775. The molecule has 0 unspecified atom stereocenters. The van der Waals surface area contributed by atoms with Crippen LogP contribution in [-0.4, -0.2) is 14.8 Å². The summed E-state index contributed by atoms with van der Waals surface area (Å²) in [5.74, 6) is 1.81. The summed E-state index contributed by atoms with van der Waals surface area (Å²) in [7, 11) is 0. The fourth-order valence-corrected chi connectivity index (χ4v) is 3.32. The van der Waals surface area contributed by atoms with Gasteiger partial charge in [0.15, 0.2) is 5.16 Å². The van der Waals surface area contributed by atoms with Gasteiger partial charge in [-0.25, -0.2) is 0 Å². The van der Waals surface area contributed by atoms with Crippen LogP contribution in [0.3, 0.4) is 0 Å². The van der Waals surface area contributed by atoms with Gasteiger partial charge in [0, 0.05) is 11.4 Å². The second-order valence-corrected chi connectivity index (χ2v) is 6.42. The minimum atomic E-state index is 0.895. The average Bonchev–Trinajstić information content (AvgIpc) is 2.87. The van der Waals surface area contributed by atoms with E-state index in [0.29, 0.717) is 0 Å². The Morgan fingerprint density at radius 1 is 0.909 bits per heavy atom. The molecule has 3 nitrogen and oxygen atoms in total. The number of aromatic nitrogens is 3. The van der Waals surface area contributed by atoms with Crippen LogP contribution in [0.1, 0.15) is 22.5 Å². The second kappa shape index (κ2) is 6.36. The van der Waals surface area contributed by atoms with Crippen LogP contribution in [0.15, 0.2) is 53.7 Å². The molecule has 0 radical (unpaired) electrons. The van der Waals surface area contributed by atoms with E-state index in [2.05, 4.69) is 77.1 Å². The molecule has 0 fully saturated rings. The first kappa shape index (κ1) is 14.9. The van der Waals surface area contributed by atoms with Crippen LogP contribution in [0.25, 0.3) is 5.69 Å². The first-order valence-corrected chi connectivity index (χ1v) is 8.29. The summed E-state index contributed by atoms with van der Waals surface area (Å²) >= 11 is 1.72. The Balaban J connectivity index is 1.84. The van der Waals surface area contributed by atoms with E-state index in [9.17, 15) is 0 Å². The lowest BCUT2D eigenvalue weighted by Crippen LogP contribution is -1.99. The molecule has 0 N–H and O–H groups in total. The molecule has 0 amide bonds. The first-order valence-electron chi connectivity index (χ1n) is 7.31. The molecule has 0 aliphatic heterocycles. The van der Waals surface area contributed by atoms with Gasteiger partial charge in [0.05, 0.1) is 0 Å². The summed E-state index contributed by atoms with van der Waals surface area (Å²) in [5, 5.41) is 9.50. The summed E-state index contributed by atoms with van der Waals surface area (Å²) in [6, 6.07) is 17.0. The number of aryl methyl sites for hydroxylation is 3. The van der Waals surface area contributed by atoms with Crippen molar-refractivity contribution in [1.82, 2.24) is 14.8 Å². The summed E-state index contributed by atoms with van der Waals surface area (Å²) in [6.45, 7) is 6.20. The van der Waals surface area contributed by atoms with Crippen molar-refractivity contribution in [2.75, 3.05) is 0 Å². The molecular weight excluding hydrogens is 290 g/mol. The Morgan fingerprint density at radius 3 is 2.41 bits per heavy atom. The van der Waals surface area contributed by atoms with E-state index >= 15 is 0 Å². The van der Waals surface area contributed by atoms with Crippen molar-refractivity contribution in [2.45, 2.75) is 31.7 Å². The molecule has 2 aromatic carbocycles. The van der Waals surface area contributed by atoms with Crippen molar-refractivity contribution in [3.8, 4) is 5.69 Å². The van der Waals surface area contributed by atoms with Crippen LogP contribution in [0.2, 0.25) is 0 Å². The molecule has 0 saturated heterocycles. The summed E-state index contributed by atoms with van der Waals surface area (Å²) < 4.78 is 2.11. The van der Waals surface area contributed by atoms with Crippen molar-refractivity contribution in [1.29, 1.82) is 0 Å². The highest BCUT2D eigenvalue weighted by atomic mass is 32.2. The minimum absolute atomic E-state index is 0.895. The maximum Gasteiger partial charge on any atom is 0.196 e. The largest absolute Gasteiger partial charge is 0.274 e. The summed E-state index contributed by atoms with van der Waals surface area (Å²) in [6.07, 6.45) is 0. The second-order valence-electron chi connectivity index (χ2n) is 5.48. The third kappa shape index (κ3) is 3.22. The van der Waals surface area contributed by atoms with E-state index in [1.54, 1.807) is 11.8 Å². The fraction of sp³-hybridized carbons (Fsp3) is 0.222. The number of hydrogen-bond donors (Lipinski definition) is 0. The topological polar surface area (TPSA) is 30.7 Å². The Hall–Kier alpha value is -2.07. The van der Waals surface area contributed by atoms with Crippen LogP contribution >= 0.6 is 11.8 Å². The van der Waals surface area contributed by atoms with E-state index in [-0.39, 0.29) is 0 Å². The molecule has 0 atom stereocenters. The maximum atomic E-state index is 4.33. The molecule has 0 aliphatic rings. The highest BCUT2D eigenvalue weighted by Gasteiger charge is 2.11. The number of nitrogens with zero attached hydrogens (tertiary/aromatic N) is 3.